The van der Waals surface area contributed by atoms with Crippen LogP contribution in [0.2, 0.25) is 5.02 Å². The first-order valence-corrected chi connectivity index (χ1v) is 7.47. The predicted octanol–water partition coefficient (Wildman–Crippen LogP) is 5.43. The maximum absolute atomic E-state index is 12.3. The SMILES string of the molecule is Cc1cccc(Cl)c1NC(=O)c1cc(Br)ccc1Br. The molecule has 1 amide bonds. The number of carbonyl (C=O) groups excluding carboxylic acids is 1. The lowest BCUT2D eigenvalue weighted by molar-refractivity contribution is 0.102. The molecule has 2 aromatic carbocycles. The van der Waals surface area contributed by atoms with Gasteiger partial charge in [-0.3, -0.25) is 4.79 Å². The van der Waals surface area contributed by atoms with E-state index in [9.17, 15) is 4.79 Å². The molecule has 19 heavy (non-hydrogen) atoms. The lowest BCUT2D eigenvalue weighted by Gasteiger charge is -2.11. The van der Waals surface area contributed by atoms with Crippen LogP contribution >= 0.6 is 43.5 Å². The number of anilines is 1. The van der Waals surface area contributed by atoms with Gasteiger partial charge in [0.1, 0.15) is 0 Å². The van der Waals surface area contributed by atoms with Crippen LogP contribution in [0.15, 0.2) is 45.3 Å². The summed E-state index contributed by atoms with van der Waals surface area (Å²) in [5.74, 6) is -0.204. The molecule has 0 radical (unpaired) electrons. The molecule has 0 fully saturated rings. The molecular formula is C14H10Br2ClNO. The summed E-state index contributed by atoms with van der Waals surface area (Å²) >= 11 is 12.8. The minimum Gasteiger partial charge on any atom is -0.320 e. The van der Waals surface area contributed by atoms with Gasteiger partial charge in [-0.1, -0.05) is 39.7 Å². The first-order valence-electron chi connectivity index (χ1n) is 5.50. The fraction of sp³-hybridized carbons (Fsp3) is 0.0714. The van der Waals surface area contributed by atoms with Gasteiger partial charge in [0.25, 0.3) is 5.91 Å². The van der Waals surface area contributed by atoms with Crippen LogP contribution in [0, 0.1) is 6.92 Å². The molecule has 0 spiro atoms. The molecule has 0 aliphatic rings. The molecule has 0 bridgehead atoms. The minimum absolute atomic E-state index is 0.204. The van der Waals surface area contributed by atoms with E-state index in [4.69, 9.17) is 11.6 Å². The number of carbonyl (C=O) groups is 1. The van der Waals surface area contributed by atoms with Gasteiger partial charge in [-0.05, 0) is 52.7 Å². The Labute approximate surface area is 133 Å². The summed E-state index contributed by atoms with van der Waals surface area (Å²) < 4.78 is 1.58. The van der Waals surface area contributed by atoms with Crippen LogP contribution in [0.1, 0.15) is 15.9 Å². The third kappa shape index (κ3) is 3.38. The zero-order valence-corrected chi connectivity index (χ0v) is 13.9. The van der Waals surface area contributed by atoms with Gasteiger partial charge in [0.2, 0.25) is 0 Å². The van der Waals surface area contributed by atoms with Crippen LogP contribution in [0.4, 0.5) is 5.69 Å². The van der Waals surface area contributed by atoms with Gasteiger partial charge < -0.3 is 5.32 Å². The van der Waals surface area contributed by atoms with Crippen LogP contribution in [0.25, 0.3) is 0 Å². The van der Waals surface area contributed by atoms with E-state index in [-0.39, 0.29) is 5.91 Å². The van der Waals surface area contributed by atoms with Crippen molar-refractivity contribution in [3.8, 4) is 0 Å². The van der Waals surface area contributed by atoms with Crippen LogP contribution in [0.5, 0.6) is 0 Å². The van der Waals surface area contributed by atoms with Crippen molar-refractivity contribution in [2.75, 3.05) is 5.32 Å². The molecule has 0 aromatic heterocycles. The normalized spacial score (nSPS) is 10.3. The lowest BCUT2D eigenvalue weighted by Crippen LogP contribution is -2.13. The van der Waals surface area contributed by atoms with Crippen LogP contribution < -0.4 is 5.32 Å². The lowest BCUT2D eigenvalue weighted by atomic mass is 10.1. The fourth-order valence-corrected chi connectivity index (χ4v) is 2.70. The molecule has 1 N–H and O–H groups in total. The Bertz CT molecular complexity index is 623. The highest BCUT2D eigenvalue weighted by Gasteiger charge is 2.13. The van der Waals surface area contributed by atoms with E-state index in [1.54, 1.807) is 12.1 Å². The topological polar surface area (TPSA) is 29.1 Å². The highest BCUT2D eigenvalue weighted by molar-refractivity contribution is 9.11. The van der Waals surface area contributed by atoms with E-state index < -0.39 is 0 Å². The second-order valence-corrected chi connectivity index (χ2v) is 6.19. The molecule has 2 aromatic rings. The molecule has 0 aliphatic heterocycles. The van der Waals surface area contributed by atoms with Gasteiger partial charge in [0.05, 0.1) is 16.3 Å². The fourth-order valence-electron chi connectivity index (χ4n) is 1.64. The van der Waals surface area contributed by atoms with Crippen molar-refractivity contribution in [3.63, 3.8) is 0 Å². The molecule has 0 atom stereocenters. The molecule has 2 nitrogen and oxygen atoms in total. The van der Waals surface area contributed by atoms with Crippen molar-refractivity contribution >= 4 is 55.1 Å². The monoisotopic (exact) mass is 401 g/mol. The molecule has 2 rings (SSSR count). The van der Waals surface area contributed by atoms with Crippen molar-refractivity contribution in [2.45, 2.75) is 6.92 Å². The number of hydrogen-bond donors (Lipinski definition) is 1. The number of nitrogens with one attached hydrogen (secondary N) is 1. The first-order chi connectivity index (χ1) is 8.99. The van der Waals surface area contributed by atoms with E-state index in [1.807, 2.05) is 31.2 Å². The minimum atomic E-state index is -0.204. The van der Waals surface area contributed by atoms with Crippen molar-refractivity contribution in [2.24, 2.45) is 0 Å². The zero-order valence-electron chi connectivity index (χ0n) is 10.0. The van der Waals surface area contributed by atoms with Gasteiger partial charge in [-0.2, -0.15) is 0 Å². The number of para-hydroxylation sites is 1. The Balaban J connectivity index is 2.34. The zero-order chi connectivity index (χ0) is 14.0. The molecule has 5 heteroatoms. The van der Waals surface area contributed by atoms with Crippen molar-refractivity contribution < 1.29 is 4.79 Å². The average Bonchev–Trinajstić information content (AvgIpc) is 2.37. The summed E-state index contributed by atoms with van der Waals surface area (Å²) in [7, 11) is 0. The van der Waals surface area contributed by atoms with Gasteiger partial charge >= 0.3 is 0 Å². The van der Waals surface area contributed by atoms with Gasteiger partial charge in [-0.15, -0.1) is 0 Å². The van der Waals surface area contributed by atoms with E-state index in [0.29, 0.717) is 16.3 Å². The number of amides is 1. The van der Waals surface area contributed by atoms with Crippen LogP contribution in [-0.4, -0.2) is 5.91 Å². The van der Waals surface area contributed by atoms with E-state index in [1.165, 1.54) is 0 Å². The summed E-state index contributed by atoms with van der Waals surface area (Å²) in [6.45, 7) is 1.90. The second kappa shape index (κ2) is 6.07. The molecule has 98 valence electrons. The van der Waals surface area contributed by atoms with Gasteiger partial charge in [0.15, 0.2) is 0 Å². The Morgan fingerprint density at radius 2 is 1.95 bits per heavy atom. The largest absolute Gasteiger partial charge is 0.320 e. The Morgan fingerprint density at radius 3 is 2.63 bits per heavy atom. The Morgan fingerprint density at radius 1 is 1.21 bits per heavy atom. The first kappa shape index (κ1) is 14.6. The number of benzene rings is 2. The number of rotatable bonds is 2. The Kier molecular flexibility index (Phi) is 4.66. The van der Waals surface area contributed by atoms with E-state index >= 15 is 0 Å². The highest BCUT2D eigenvalue weighted by Crippen LogP contribution is 2.27. The standard InChI is InChI=1S/C14H10Br2ClNO/c1-8-3-2-4-12(17)13(8)18-14(19)10-7-9(15)5-6-11(10)16/h2-7H,1H3,(H,18,19). The van der Waals surface area contributed by atoms with Crippen LogP contribution in [0.3, 0.4) is 0 Å². The second-order valence-electron chi connectivity index (χ2n) is 4.01. The summed E-state index contributed by atoms with van der Waals surface area (Å²) in [5, 5.41) is 3.37. The van der Waals surface area contributed by atoms with E-state index in [0.717, 1.165) is 14.5 Å². The van der Waals surface area contributed by atoms with Crippen molar-refractivity contribution in [1.29, 1.82) is 0 Å². The molecule has 0 unspecified atom stereocenters. The summed E-state index contributed by atoms with van der Waals surface area (Å²) in [6, 6.07) is 10.9. The van der Waals surface area contributed by atoms with Crippen LogP contribution in [-0.2, 0) is 0 Å². The van der Waals surface area contributed by atoms with Gasteiger partial charge in [0, 0.05) is 8.95 Å². The average molecular weight is 404 g/mol. The molecule has 0 saturated heterocycles. The quantitative estimate of drug-likeness (QED) is 0.712. The van der Waals surface area contributed by atoms with Gasteiger partial charge in [-0.25, -0.2) is 0 Å². The molecule has 0 aliphatic carbocycles. The smallest absolute Gasteiger partial charge is 0.256 e. The third-order valence-electron chi connectivity index (χ3n) is 2.63. The third-order valence-corrected chi connectivity index (χ3v) is 4.13. The van der Waals surface area contributed by atoms with Crippen molar-refractivity contribution in [1.82, 2.24) is 0 Å². The number of hydrogen-bond acceptors (Lipinski definition) is 1. The maximum Gasteiger partial charge on any atom is 0.256 e. The molecular weight excluding hydrogens is 393 g/mol. The number of aryl methyl sites for hydroxylation is 1. The molecule has 0 saturated carbocycles. The summed E-state index contributed by atoms with van der Waals surface area (Å²) in [6.07, 6.45) is 0. The Hall–Kier alpha value is -0.840. The molecule has 0 heterocycles. The highest BCUT2D eigenvalue weighted by atomic mass is 79.9. The summed E-state index contributed by atoms with van der Waals surface area (Å²) in [4.78, 5) is 12.3. The number of halogens is 3. The predicted molar refractivity (Wildman–Crippen MR) is 86.0 cm³/mol. The van der Waals surface area contributed by atoms with E-state index in [2.05, 4.69) is 37.2 Å². The van der Waals surface area contributed by atoms with Crippen molar-refractivity contribution in [3.05, 3.63) is 61.5 Å². The maximum atomic E-state index is 12.3. The summed E-state index contributed by atoms with van der Waals surface area (Å²) in [5.41, 5.74) is 2.11.